The SMILES string of the molecule is CC(C(=O)N1CCN(c2ccccc2C(F)(F)F)CC1)N1C(=O)CC(C)(C)C1=O. The summed E-state index contributed by atoms with van der Waals surface area (Å²) in [4.78, 5) is 41.6. The molecule has 1 unspecified atom stereocenters. The molecule has 1 aromatic carbocycles. The van der Waals surface area contributed by atoms with Gasteiger partial charge in [0.1, 0.15) is 6.04 Å². The molecule has 3 rings (SSSR count). The molecule has 1 aromatic rings. The Hall–Kier alpha value is -2.58. The van der Waals surface area contributed by atoms with E-state index >= 15 is 0 Å². The monoisotopic (exact) mass is 411 g/mol. The molecule has 1 atom stereocenters. The lowest BCUT2D eigenvalue weighted by Crippen LogP contribution is -2.55. The largest absolute Gasteiger partial charge is 0.418 e. The topological polar surface area (TPSA) is 60.9 Å². The zero-order chi connectivity index (χ0) is 21.6. The van der Waals surface area contributed by atoms with Crippen LogP contribution >= 0.6 is 0 Å². The molecular formula is C20H24F3N3O3. The van der Waals surface area contributed by atoms with Crippen LogP contribution in [0, 0.1) is 5.41 Å². The Morgan fingerprint density at radius 3 is 2.17 bits per heavy atom. The van der Waals surface area contributed by atoms with E-state index in [4.69, 9.17) is 0 Å². The lowest BCUT2D eigenvalue weighted by molar-refractivity contribution is -0.151. The van der Waals surface area contributed by atoms with Crippen molar-refractivity contribution < 1.29 is 27.6 Å². The van der Waals surface area contributed by atoms with E-state index in [-0.39, 0.29) is 56.0 Å². The zero-order valence-electron chi connectivity index (χ0n) is 16.6. The van der Waals surface area contributed by atoms with Gasteiger partial charge in [-0.15, -0.1) is 0 Å². The van der Waals surface area contributed by atoms with Crippen LogP contribution in [0.15, 0.2) is 24.3 Å². The second-order valence-electron chi connectivity index (χ2n) is 8.13. The molecule has 2 aliphatic heterocycles. The van der Waals surface area contributed by atoms with E-state index < -0.39 is 23.2 Å². The first-order chi connectivity index (χ1) is 13.4. The molecule has 0 N–H and O–H groups in total. The van der Waals surface area contributed by atoms with Gasteiger partial charge in [0, 0.05) is 38.3 Å². The van der Waals surface area contributed by atoms with Gasteiger partial charge in [-0.1, -0.05) is 26.0 Å². The quantitative estimate of drug-likeness (QED) is 0.718. The molecule has 2 aliphatic rings. The highest BCUT2D eigenvalue weighted by molar-refractivity contribution is 6.08. The normalized spacial score (nSPS) is 21.0. The fraction of sp³-hybridized carbons (Fsp3) is 0.550. The van der Waals surface area contributed by atoms with Crippen LogP contribution in [-0.4, -0.2) is 59.7 Å². The Morgan fingerprint density at radius 2 is 1.66 bits per heavy atom. The zero-order valence-corrected chi connectivity index (χ0v) is 16.6. The Bertz CT molecular complexity index is 830. The highest BCUT2D eigenvalue weighted by Crippen LogP contribution is 2.37. The number of carbonyl (C=O) groups excluding carboxylic acids is 3. The van der Waals surface area contributed by atoms with E-state index in [1.165, 1.54) is 24.0 Å². The summed E-state index contributed by atoms with van der Waals surface area (Å²) in [7, 11) is 0. The summed E-state index contributed by atoms with van der Waals surface area (Å²) in [5.74, 6) is -1.12. The average Bonchev–Trinajstić information content (AvgIpc) is 2.87. The van der Waals surface area contributed by atoms with Crippen molar-refractivity contribution in [3.63, 3.8) is 0 Å². The van der Waals surface area contributed by atoms with Gasteiger partial charge >= 0.3 is 6.18 Å². The molecule has 0 radical (unpaired) electrons. The first-order valence-electron chi connectivity index (χ1n) is 9.50. The molecule has 6 nitrogen and oxygen atoms in total. The van der Waals surface area contributed by atoms with Gasteiger partial charge in [0.05, 0.1) is 11.0 Å². The minimum atomic E-state index is -4.46. The summed E-state index contributed by atoms with van der Waals surface area (Å²) < 4.78 is 39.8. The summed E-state index contributed by atoms with van der Waals surface area (Å²) >= 11 is 0. The van der Waals surface area contributed by atoms with Crippen LogP contribution in [0.25, 0.3) is 0 Å². The van der Waals surface area contributed by atoms with Gasteiger partial charge in [-0.25, -0.2) is 0 Å². The third-order valence-electron chi connectivity index (χ3n) is 5.55. The third kappa shape index (κ3) is 3.95. The molecule has 0 aliphatic carbocycles. The average molecular weight is 411 g/mol. The van der Waals surface area contributed by atoms with Crippen LogP contribution in [0.2, 0.25) is 0 Å². The molecule has 2 fully saturated rings. The molecule has 0 aromatic heterocycles. The van der Waals surface area contributed by atoms with Crippen molar-refractivity contribution in [3.8, 4) is 0 Å². The van der Waals surface area contributed by atoms with Crippen molar-refractivity contribution in [2.24, 2.45) is 5.41 Å². The number of anilines is 1. The smallest absolute Gasteiger partial charge is 0.367 e. The van der Waals surface area contributed by atoms with Crippen molar-refractivity contribution in [3.05, 3.63) is 29.8 Å². The van der Waals surface area contributed by atoms with E-state index in [0.717, 1.165) is 11.0 Å². The summed E-state index contributed by atoms with van der Waals surface area (Å²) in [5.41, 5.74) is -1.44. The number of halogens is 3. The van der Waals surface area contributed by atoms with Gasteiger partial charge in [-0.05, 0) is 19.1 Å². The highest BCUT2D eigenvalue weighted by Gasteiger charge is 2.48. The molecule has 2 saturated heterocycles. The predicted molar refractivity (Wildman–Crippen MR) is 100.0 cm³/mol. The van der Waals surface area contributed by atoms with E-state index in [0.29, 0.717) is 0 Å². The lowest BCUT2D eigenvalue weighted by atomic mass is 9.92. The van der Waals surface area contributed by atoms with Crippen molar-refractivity contribution in [1.82, 2.24) is 9.80 Å². The molecule has 0 spiro atoms. The maximum atomic E-state index is 13.3. The summed E-state index contributed by atoms with van der Waals surface area (Å²) in [6, 6.07) is 4.44. The minimum absolute atomic E-state index is 0.0610. The Kier molecular flexibility index (Phi) is 5.36. The minimum Gasteiger partial charge on any atom is -0.367 e. The number of piperazine rings is 1. The molecule has 29 heavy (non-hydrogen) atoms. The number of carbonyl (C=O) groups is 3. The van der Waals surface area contributed by atoms with E-state index in [9.17, 15) is 27.6 Å². The van der Waals surface area contributed by atoms with Gasteiger partial charge in [0.25, 0.3) is 0 Å². The lowest BCUT2D eigenvalue weighted by Gasteiger charge is -2.39. The maximum absolute atomic E-state index is 13.3. The van der Waals surface area contributed by atoms with Gasteiger partial charge < -0.3 is 9.80 Å². The first-order valence-corrected chi connectivity index (χ1v) is 9.50. The van der Waals surface area contributed by atoms with E-state index in [1.54, 1.807) is 24.8 Å². The molecule has 3 amide bonds. The van der Waals surface area contributed by atoms with Crippen LogP contribution in [0.4, 0.5) is 18.9 Å². The molecule has 0 bridgehead atoms. The van der Waals surface area contributed by atoms with Crippen LogP contribution in [-0.2, 0) is 20.6 Å². The predicted octanol–water partition coefficient (Wildman–Crippen LogP) is 2.53. The summed E-state index contributed by atoms with van der Waals surface area (Å²) in [5, 5.41) is 0. The van der Waals surface area contributed by atoms with Gasteiger partial charge in [-0.2, -0.15) is 13.2 Å². The molecule has 0 saturated carbocycles. The second-order valence-corrected chi connectivity index (χ2v) is 8.13. The summed E-state index contributed by atoms with van der Waals surface area (Å²) in [6.07, 6.45) is -4.40. The van der Waals surface area contributed by atoms with Crippen molar-refractivity contribution in [2.75, 3.05) is 31.1 Å². The third-order valence-corrected chi connectivity index (χ3v) is 5.55. The van der Waals surface area contributed by atoms with Gasteiger partial charge in [-0.3, -0.25) is 19.3 Å². The van der Waals surface area contributed by atoms with Crippen LogP contribution in [0.3, 0.4) is 0 Å². The van der Waals surface area contributed by atoms with E-state index in [2.05, 4.69) is 0 Å². The van der Waals surface area contributed by atoms with Crippen molar-refractivity contribution in [1.29, 1.82) is 0 Å². The Labute approximate surface area is 167 Å². The maximum Gasteiger partial charge on any atom is 0.418 e. The number of amides is 3. The number of benzene rings is 1. The number of likely N-dealkylation sites (tertiary alicyclic amines) is 1. The van der Waals surface area contributed by atoms with Gasteiger partial charge in [0.2, 0.25) is 17.7 Å². The number of rotatable bonds is 3. The van der Waals surface area contributed by atoms with Crippen LogP contribution < -0.4 is 4.90 Å². The standard InChI is InChI=1S/C20H24F3N3O3/c1-13(26-16(27)12-19(2,3)18(26)29)17(28)25-10-8-24(9-11-25)15-7-5-4-6-14(15)20(21,22)23/h4-7,13H,8-12H2,1-3H3. The molecule has 2 heterocycles. The number of hydrogen-bond acceptors (Lipinski definition) is 4. The van der Waals surface area contributed by atoms with Crippen molar-refractivity contribution >= 4 is 23.4 Å². The first kappa shape index (κ1) is 21.1. The summed E-state index contributed by atoms with van der Waals surface area (Å²) in [6.45, 7) is 5.76. The number of para-hydroxylation sites is 1. The number of alkyl halides is 3. The van der Waals surface area contributed by atoms with E-state index in [1.807, 2.05) is 0 Å². The Balaban J connectivity index is 1.68. The van der Waals surface area contributed by atoms with Crippen LogP contribution in [0.1, 0.15) is 32.8 Å². The molecule has 158 valence electrons. The number of nitrogens with zero attached hydrogens (tertiary/aromatic N) is 3. The van der Waals surface area contributed by atoms with Crippen LogP contribution in [0.5, 0.6) is 0 Å². The number of hydrogen-bond donors (Lipinski definition) is 0. The molecular weight excluding hydrogens is 387 g/mol. The fourth-order valence-electron chi connectivity index (χ4n) is 3.90. The highest BCUT2D eigenvalue weighted by atomic mass is 19.4. The van der Waals surface area contributed by atoms with Gasteiger partial charge in [0.15, 0.2) is 0 Å². The second kappa shape index (κ2) is 7.35. The molecule has 9 heteroatoms. The fourth-order valence-corrected chi connectivity index (χ4v) is 3.90. The van der Waals surface area contributed by atoms with Crippen molar-refractivity contribution in [2.45, 2.75) is 39.4 Å². The number of imide groups is 1. The Morgan fingerprint density at radius 1 is 1.07 bits per heavy atom.